The molecule has 1 aliphatic carbocycles. The third-order valence-electron chi connectivity index (χ3n) is 3.75. The van der Waals surface area contributed by atoms with Crippen LogP contribution in [0.5, 0.6) is 0 Å². The molecule has 1 aromatic rings. The highest BCUT2D eigenvalue weighted by atomic mass is 32.1. The van der Waals surface area contributed by atoms with Gasteiger partial charge in [0.05, 0.1) is 23.9 Å². The van der Waals surface area contributed by atoms with Crippen LogP contribution in [0.15, 0.2) is 5.38 Å². The molecule has 3 nitrogen and oxygen atoms in total. The smallest absolute Gasteiger partial charge is 0.0959 e. The van der Waals surface area contributed by atoms with Crippen LogP contribution in [-0.4, -0.2) is 24.2 Å². The van der Waals surface area contributed by atoms with Gasteiger partial charge in [-0.05, 0) is 12.8 Å². The van der Waals surface area contributed by atoms with Gasteiger partial charge in [0.1, 0.15) is 0 Å². The Morgan fingerprint density at radius 3 is 2.81 bits per heavy atom. The number of nitrogens with two attached hydrogens (primary N) is 1. The molecule has 2 aliphatic rings. The maximum atomic E-state index is 6.01. The number of aromatic nitrogens is 1. The first-order valence-corrected chi connectivity index (χ1v) is 7.01. The minimum absolute atomic E-state index is 0.138. The summed E-state index contributed by atoms with van der Waals surface area (Å²) in [6.07, 6.45) is 5.37. The summed E-state index contributed by atoms with van der Waals surface area (Å²) in [5.74, 6) is 1.05. The molecule has 2 heterocycles. The SMILES string of the molecule is NC1COCC1c1csc(C2CCCC2)n1. The van der Waals surface area contributed by atoms with Gasteiger partial charge in [-0.1, -0.05) is 12.8 Å². The van der Waals surface area contributed by atoms with E-state index >= 15 is 0 Å². The molecule has 0 aromatic carbocycles. The topological polar surface area (TPSA) is 48.1 Å². The predicted octanol–water partition coefficient (Wildman–Crippen LogP) is 2.24. The molecule has 4 heteroatoms. The standard InChI is InChI=1S/C12H18N2OS/c13-10-6-15-5-9(10)11-7-16-12(14-11)8-3-1-2-4-8/h7-10H,1-6,13H2. The second-order valence-electron chi connectivity index (χ2n) is 4.90. The molecular weight excluding hydrogens is 220 g/mol. The van der Waals surface area contributed by atoms with E-state index in [1.54, 1.807) is 0 Å². The van der Waals surface area contributed by atoms with Gasteiger partial charge in [0.25, 0.3) is 0 Å². The normalized spacial score (nSPS) is 31.3. The largest absolute Gasteiger partial charge is 0.379 e. The molecule has 1 aliphatic heterocycles. The summed E-state index contributed by atoms with van der Waals surface area (Å²) in [6.45, 7) is 1.43. The highest BCUT2D eigenvalue weighted by Gasteiger charge is 2.29. The molecule has 0 spiro atoms. The lowest BCUT2D eigenvalue weighted by molar-refractivity contribution is 0.190. The van der Waals surface area contributed by atoms with Gasteiger partial charge < -0.3 is 10.5 Å². The van der Waals surface area contributed by atoms with Crippen molar-refractivity contribution in [2.45, 2.75) is 43.6 Å². The quantitative estimate of drug-likeness (QED) is 0.859. The zero-order valence-corrected chi connectivity index (χ0v) is 10.2. The van der Waals surface area contributed by atoms with E-state index in [1.165, 1.54) is 30.7 Å². The van der Waals surface area contributed by atoms with Crippen LogP contribution in [0, 0.1) is 0 Å². The second-order valence-corrected chi connectivity index (χ2v) is 5.79. The molecule has 2 atom stereocenters. The Balaban J connectivity index is 1.76. The summed E-state index contributed by atoms with van der Waals surface area (Å²) in [6, 6.07) is 0.138. The average molecular weight is 238 g/mol. The van der Waals surface area contributed by atoms with Crippen molar-refractivity contribution in [2.24, 2.45) is 5.73 Å². The lowest BCUT2D eigenvalue weighted by atomic mass is 10.0. The van der Waals surface area contributed by atoms with Gasteiger partial charge in [-0.25, -0.2) is 4.98 Å². The first-order valence-electron chi connectivity index (χ1n) is 6.13. The van der Waals surface area contributed by atoms with Gasteiger partial charge in [-0.2, -0.15) is 0 Å². The number of rotatable bonds is 2. The maximum absolute atomic E-state index is 6.01. The maximum Gasteiger partial charge on any atom is 0.0959 e. The fourth-order valence-corrected chi connectivity index (χ4v) is 3.76. The Labute approximate surface area is 100 Å². The van der Waals surface area contributed by atoms with Crippen molar-refractivity contribution < 1.29 is 4.74 Å². The third-order valence-corrected chi connectivity index (χ3v) is 4.77. The zero-order chi connectivity index (χ0) is 11.0. The van der Waals surface area contributed by atoms with Crippen LogP contribution in [0.4, 0.5) is 0 Å². The molecule has 1 aromatic heterocycles. The summed E-state index contributed by atoms with van der Waals surface area (Å²) < 4.78 is 5.40. The number of hydrogen-bond donors (Lipinski definition) is 1. The summed E-state index contributed by atoms with van der Waals surface area (Å²) in [5, 5.41) is 3.51. The van der Waals surface area contributed by atoms with Gasteiger partial charge in [0.15, 0.2) is 0 Å². The van der Waals surface area contributed by atoms with E-state index in [9.17, 15) is 0 Å². The van der Waals surface area contributed by atoms with Gasteiger partial charge in [-0.3, -0.25) is 0 Å². The van der Waals surface area contributed by atoms with E-state index in [2.05, 4.69) is 5.38 Å². The Hall–Kier alpha value is -0.450. The number of thiazole rings is 1. The van der Waals surface area contributed by atoms with Crippen molar-refractivity contribution in [1.29, 1.82) is 0 Å². The average Bonchev–Trinajstić information content (AvgIpc) is 2.96. The van der Waals surface area contributed by atoms with Crippen LogP contribution in [0.2, 0.25) is 0 Å². The highest BCUT2D eigenvalue weighted by molar-refractivity contribution is 7.09. The number of hydrogen-bond acceptors (Lipinski definition) is 4. The van der Waals surface area contributed by atoms with Crippen molar-refractivity contribution in [3.63, 3.8) is 0 Å². The Bertz CT molecular complexity index is 360. The first-order chi connectivity index (χ1) is 7.84. The minimum atomic E-state index is 0.138. The van der Waals surface area contributed by atoms with Crippen molar-refractivity contribution in [3.8, 4) is 0 Å². The monoisotopic (exact) mass is 238 g/mol. The molecule has 1 saturated carbocycles. The summed E-state index contributed by atoms with van der Waals surface area (Å²) in [7, 11) is 0. The lowest BCUT2D eigenvalue weighted by Crippen LogP contribution is -2.27. The second kappa shape index (κ2) is 4.43. The lowest BCUT2D eigenvalue weighted by Gasteiger charge is -2.09. The van der Waals surface area contributed by atoms with Gasteiger partial charge in [0, 0.05) is 23.3 Å². The van der Waals surface area contributed by atoms with E-state index in [1.807, 2.05) is 11.3 Å². The van der Waals surface area contributed by atoms with E-state index in [0.717, 1.165) is 18.2 Å². The van der Waals surface area contributed by atoms with Crippen molar-refractivity contribution in [2.75, 3.05) is 13.2 Å². The van der Waals surface area contributed by atoms with Crippen LogP contribution in [0.1, 0.15) is 48.2 Å². The molecule has 0 bridgehead atoms. The Morgan fingerprint density at radius 1 is 1.31 bits per heavy atom. The first kappa shape index (κ1) is 10.7. The summed E-state index contributed by atoms with van der Waals surface area (Å²) >= 11 is 1.81. The fraction of sp³-hybridized carbons (Fsp3) is 0.750. The van der Waals surface area contributed by atoms with Crippen LogP contribution < -0.4 is 5.73 Å². The Morgan fingerprint density at radius 2 is 2.12 bits per heavy atom. The molecular formula is C12H18N2OS. The Kier molecular flexibility index (Phi) is 2.96. The van der Waals surface area contributed by atoms with Gasteiger partial charge in [-0.15, -0.1) is 11.3 Å². The zero-order valence-electron chi connectivity index (χ0n) is 9.39. The van der Waals surface area contributed by atoms with Crippen molar-refractivity contribution in [3.05, 3.63) is 16.1 Å². The van der Waals surface area contributed by atoms with E-state index in [0.29, 0.717) is 12.5 Å². The minimum Gasteiger partial charge on any atom is -0.379 e. The number of nitrogens with zero attached hydrogens (tertiary/aromatic N) is 1. The van der Waals surface area contributed by atoms with Crippen LogP contribution in [0.25, 0.3) is 0 Å². The molecule has 88 valence electrons. The van der Waals surface area contributed by atoms with Crippen molar-refractivity contribution >= 4 is 11.3 Å². The molecule has 3 rings (SSSR count). The van der Waals surface area contributed by atoms with E-state index in [4.69, 9.17) is 15.5 Å². The van der Waals surface area contributed by atoms with Crippen LogP contribution in [-0.2, 0) is 4.74 Å². The molecule has 2 fully saturated rings. The fourth-order valence-electron chi connectivity index (χ4n) is 2.71. The van der Waals surface area contributed by atoms with E-state index in [-0.39, 0.29) is 6.04 Å². The molecule has 2 N–H and O–H groups in total. The van der Waals surface area contributed by atoms with E-state index < -0.39 is 0 Å². The number of ether oxygens (including phenoxy) is 1. The summed E-state index contributed by atoms with van der Waals surface area (Å²) in [5.41, 5.74) is 7.18. The third kappa shape index (κ3) is 1.90. The summed E-state index contributed by atoms with van der Waals surface area (Å²) in [4.78, 5) is 4.78. The predicted molar refractivity (Wildman–Crippen MR) is 64.9 cm³/mol. The van der Waals surface area contributed by atoms with Crippen LogP contribution >= 0.6 is 11.3 Å². The van der Waals surface area contributed by atoms with Crippen LogP contribution in [0.3, 0.4) is 0 Å². The molecule has 0 radical (unpaired) electrons. The molecule has 16 heavy (non-hydrogen) atoms. The molecule has 1 saturated heterocycles. The van der Waals surface area contributed by atoms with Crippen molar-refractivity contribution in [1.82, 2.24) is 4.98 Å². The molecule has 2 unspecified atom stereocenters. The van der Waals surface area contributed by atoms with Gasteiger partial charge in [0.2, 0.25) is 0 Å². The highest BCUT2D eigenvalue weighted by Crippen LogP contribution is 2.37. The van der Waals surface area contributed by atoms with Gasteiger partial charge >= 0.3 is 0 Å². The molecule has 0 amide bonds.